The molecule has 0 aromatic carbocycles. The maximum atomic E-state index is 5.74. The van der Waals surface area contributed by atoms with Gasteiger partial charge in [-0.1, -0.05) is 20.3 Å². The highest BCUT2D eigenvalue weighted by atomic mass is 32.1. The average Bonchev–Trinajstić information content (AvgIpc) is 2.75. The second-order valence-corrected chi connectivity index (χ2v) is 5.33. The smallest absolute Gasteiger partial charge is 0.223 e. The average molecular weight is 250 g/mol. The van der Waals surface area contributed by atoms with Crippen molar-refractivity contribution in [3.05, 3.63) is 11.4 Å². The van der Waals surface area contributed by atoms with Gasteiger partial charge in [-0.3, -0.25) is 0 Å². The molecule has 0 fully saturated rings. The molecule has 2 N–H and O–H groups in total. The first-order valence-corrected chi connectivity index (χ1v) is 6.71. The van der Waals surface area contributed by atoms with Gasteiger partial charge in [-0.25, -0.2) is 4.98 Å². The predicted octanol–water partition coefficient (Wildman–Crippen LogP) is 2.76. The monoisotopic (exact) mass is 250 g/mol. The van der Waals surface area contributed by atoms with Gasteiger partial charge in [-0.05, 0) is 17.4 Å². The molecule has 2 aromatic rings. The van der Waals surface area contributed by atoms with Crippen LogP contribution >= 0.6 is 11.3 Å². The third-order valence-corrected chi connectivity index (χ3v) is 3.77. The summed E-state index contributed by atoms with van der Waals surface area (Å²) in [7, 11) is 2.06. The molecule has 17 heavy (non-hydrogen) atoms. The number of anilines is 2. The summed E-state index contributed by atoms with van der Waals surface area (Å²) in [6, 6.07) is 2.06. The van der Waals surface area contributed by atoms with Crippen LogP contribution in [0.1, 0.15) is 20.3 Å². The van der Waals surface area contributed by atoms with Gasteiger partial charge >= 0.3 is 0 Å². The number of nitrogens with two attached hydrogens (primary N) is 1. The highest BCUT2D eigenvalue weighted by Gasteiger charge is 2.13. The van der Waals surface area contributed by atoms with Crippen molar-refractivity contribution in [2.45, 2.75) is 20.3 Å². The van der Waals surface area contributed by atoms with E-state index in [-0.39, 0.29) is 0 Å². The predicted molar refractivity (Wildman–Crippen MR) is 74.6 cm³/mol. The van der Waals surface area contributed by atoms with Gasteiger partial charge < -0.3 is 10.6 Å². The number of rotatable bonds is 4. The first-order valence-electron chi connectivity index (χ1n) is 5.83. The van der Waals surface area contributed by atoms with Crippen molar-refractivity contribution in [2.75, 3.05) is 24.2 Å². The summed E-state index contributed by atoms with van der Waals surface area (Å²) in [5.74, 6) is 1.94. The Balaban J connectivity index is 2.36. The summed E-state index contributed by atoms with van der Waals surface area (Å²) in [4.78, 5) is 11.7. The van der Waals surface area contributed by atoms with Crippen LogP contribution in [0.15, 0.2) is 11.4 Å². The number of nitrogen functional groups attached to an aromatic ring is 1. The van der Waals surface area contributed by atoms with Crippen molar-refractivity contribution >= 4 is 33.3 Å². The second kappa shape index (κ2) is 4.87. The van der Waals surface area contributed by atoms with Crippen LogP contribution in [0.3, 0.4) is 0 Å². The highest BCUT2D eigenvalue weighted by Crippen LogP contribution is 2.28. The molecule has 0 aliphatic rings. The maximum absolute atomic E-state index is 5.74. The van der Waals surface area contributed by atoms with Crippen molar-refractivity contribution in [1.29, 1.82) is 0 Å². The van der Waals surface area contributed by atoms with Crippen LogP contribution in [0.2, 0.25) is 0 Å². The van der Waals surface area contributed by atoms with E-state index in [9.17, 15) is 0 Å². The van der Waals surface area contributed by atoms with Crippen molar-refractivity contribution in [1.82, 2.24) is 9.97 Å². The fourth-order valence-electron chi connectivity index (χ4n) is 1.83. The number of hydrogen-bond donors (Lipinski definition) is 1. The van der Waals surface area contributed by atoms with E-state index in [2.05, 4.69) is 41.8 Å². The number of thiophene rings is 1. The van der Waals surface area contributed by atoms with E-state index in [0.717, 1.165) is 29.0 Å². The minimum absolute atomic E-state index is 0.353. The molecule has 2 heterocycles. The summed E-state index contributed by atoms with van der Waals surface area (Å²) in [5.41, 5.74) is 5.74. The second-order valence-electron chi connectivity index (χ2n) is 4.44. The molecule has 2 aromatic heterocycles. The lowest BCUT2D eigenvalue weighted by atomic mass is 10.1. The van der Waals surface area contributed by atoms with Gasteiger partial charge in [0.15, 0.2) is 0 Å². The van der Waals surface area contributed by atoms with E-state index in [1.54, 1.807) is 11.3 Å². The highest BCUT2D eigenvalue weighted by molar-refractivity contribution is 7.16. The molecular weight excluding hydrogens is 232 g/mol. The lowest BCUT2D eigenvalue weighted by Gasteiger charge is -2.22. The van der Waals surface area contributed by atoms with E-state index in [4.69, 9.17) is 5.73 Å². The van der Waals surface area contributed by atoms with Crippen LogP contribution in [0.4, 0.5) is 11.8 Å². The molecule has 0 saturated heterocycles. The minimum atomic E-state index is 0.353. The Morgan fingerprint density at radius 1 is 1.47 bits per heavy atom. The lowest BCUT2D eigenvalue weighted by Crippen LogP contribution is -2.25. The Hall–Kier alpha value is -1.36. The quantitative estimate of drug-likeness (QED) is 0.906. The standard InChI is InChI=1S/C12H18N4S/c1-4-8(2)7-16(3)10-9-5-6-17-11(9)15-12(13)14-10/h5-6,8H,4,7H2,1-3H3,(H2,13,14,15). The zero-order chi connectivity index (χ0) is 12.4. The Morgan fingerprint density at radius 3 is 2.94 bits per heavy atom. The summed E-state index contributed by atoms with van der Waals surface area (Å²) >= 11 is 1.60. The number of aromatic nitrogens is 2. The van der Waals surface area contributed by atoms with Crippen molar-refractivity contribution in [3.8, 4) is 0 Å². The largest absolute Gasteiger partial charge is 0.368 e. The van der Waals surface area contributed by atoms with Gasteiger partial charge in [0.2, 0.25) is 5.95 Å². The summed E-state index contributed by atoms with van der Waals surface area (Å²) in [5, 5.41) is 3.12. The third kappa shape index (κ3) is 2.49. The Labute approximate surface area is 105 Å². The molecule has 2 rings (SSSR count). The molecule has 0 bridgehead atoms. The summed E-state index contributed by atoms with van der Waals surface area (Å²) in [6.07, 6.45) is 1.16. The molecule has 0 aliphatic heterocycles. The molecule has 92 valence electrons. The molecular formula is C12H18N4S. The zero-order valence-electron chi connectivity index (χ0n) is 10.5. The minimum Gasteiger partial charge on any atom is -0.368 e. The van der Waals surface area contributed by atoms with Crippen LogP contribution < -0.4 is 10.6 Å². The Bertz CT molecular complexity index is 508. The van der Waals surface area contributed by atoms with Gasteiger partial charge in [0.25, 0.3) is 0 Å². The zero-order valence-corrected chi connectivity index (χ0v) is 11.3. The molecule has 1 atom stereocenters. The van der Waals surface area contributed by atoms with E-state index < -0.39 is 0 Å². The first-order chi connectivity index (χ1) is 8.11. The molecule has 0 aliphatic carbocycles. The number of nitrogens with zero attached hydrogens (tertiary/aromatic N) is 3. The van der Waals surface area contributed by atoms with Crippen LogP contribution in [0.25, 0.3) is 10.2 Å². The van der Waals surface area contributed by atoms with Gasteiger partial charge in [0.1, 0.15) is 10.6 Å². The van der Waals surface area contributed by atoms with E-state index in [1.165, 1.54) is 0 Å². The molecule has 0 amide bonds. The number of fused-ring (bicyclic) bond motifs is 1. The molecule has 0 saturated carbocycles. The van der Waals surface area contributed by atoms with Gasteiger partial charge in [0.05, 0.1) is 5.39 Å². The van der Waals surface area contributed by atoms with Crippen molar-refractivity contribution < 1.29 is 0 Å². The summed E-state index contributed by atoms with van der Waals surface area (Å²) < 4.78 is 0. The normalized spacial score (nSPS) is 12.9. The first kappa shape index (κ1) is 12.1. The SMILES string of the molecule is CCC(C)CN(C)c1nc(N)nc2sccc12. The lowest BCUT2D eigenvalue weighted by molar-refractivity contribution is 0.558. The van der Waals surface area contributed by atoms with Gasteiger partial charge in [0, 0.05) is 13.6 Å². The van der Waals surface area contributed by atoms with Crippen LogP contribution in [0.5, 0.6) is 0 Å². The van der Waals surface area contributed by atoms with E-state index in [1.807, 2.05) is 5.38 Å². The van der Waals surface area contributed by atoms with Crippen LogP contribution in [-0.4, -0.2) is 23.6 Å². The third-order valence-electron chi connectivity index (χ3n) is 2.97. The van der Waals surface area contributed by atoms with Crippen LogP contribution in [0, 0.1) is 5.92 Å². The Kier molecular flexibility index (Phi) is 3.47. The molecule has 0 radical (unpaired) electrons. The van der Waals surface area contributed by atoms with Crippen molar-refractivity contribution in [3.63, 3.8) is 0 Å². The fraction of sp³-hybridized carbons (Fsp3) is 0.500. The molecule has 0 spiro atoms. The topological polar surface area (TPSA) is 55.0 Å². The van der Waals surface area contributed by atoms with E-state index in [0.29, 0.717) is 11.9 Å². The Morgan fingerprint density at radius 2 is 2.24 bits per heavy atom. The van der Waals surface area contributed by atoms with Crippen molar-refractivity contribution in [2.24, 2.45) is 5.92 Å². The van der Waals surface area contributed by atoms with Gasteiger partial charge in [-0.2, -0.15) is 4.98 Å². The molecule has 5 heteroatoms. The molecule has 4 nitrogen and oxygen atoms in total. The van der Waals surface area contributed by atoms with Gasteiger partial charge in [-0.15, -0.1) is 11.3 Å². The van der Waals surface area contributed by atoms with Crippen LogP contribution in [-0.2, 0) is 0 Å². The number of hydrogen-bond acceptors (Lipinski definition) is 5. The fourth-order valence-corrected chi connectivity index (χ4v) is 2.60. The molecule has 1 unspecified atom stereocenters. The summed E-state index contributed by atoms with van der Waals surface area (Å²) in [6.45, 7) is 5.43. The maximum Gasteiger partial charge on any atom is 0.223 e. The van der Waals surface area contributed by atoms with E-state index >= 15 is 0 Å².